The van der Waals surface area contributed by atoms with Crippen LogP contribution in [0, 0.1) is 6.92 Å². The Morgan fingerprint density at radius 3 is 2.51 bits per heavy atom. The quantitative estimate of drug-likeness (QED) is 0.313. The molecule has 0 aliphatic heterocycles. The zero-order chi connectivity index (χ0) is 28.1. The maximum Gasteiger partial charge on any atom is 0.343 e. The number of nitrogens with one attached hydrogen (secondary N) is 1. The Balaban J connectivity index is 1.63. The predicted octanol–water partition coefficient (Wildman–Crippen LogP) is 2.73. The monoisotopic (exact) mass is 535 g/mol. The van der Waals surface area contributed by atoms with E-state index in [1.165, 1.54) is 45.2 Å². The first-order valence-corrected chi connectivity index (χ1v) is 12.1. The van der Waals surface area contributed by atoms with Crippen molar-refractivity contribution in [3.8, 4) is 23.0 Å². The second-order valence-electron chi connectivity index (χ2n) is 8.73. The molecule has 204 valence electrons. The van der Waals surface area contributed by atoms with E-state index >= 15 is 0 Å². The minimum atomic E-state index is -0.957. The second-order valence-corrected chi connectivity index (χ2v) is 8.73. The summed E-state index contributed by atoms with van der Waals surface area (Å²) < 4.78 is 23.1. The first-order valence-electron chi connectivity index (χ1n) is 12.1. The van der Waals surface area contributed by atoms with E-state index in [2.05, 4.69) is 10.3 Å². The summed E-state index contributed by atoms with van der Waals surface area (Å²) in [4.78, 5) is 43.0. The van der Waals surface area contributed by atoms with Crippen LogP contribution in [0.4, 0.5) is 0 Å². The number of ether oxygens (including phenoxy) is 3. The van der Waals surface area contributed by atoms with Gasteiger partial charge < -0.3 is 29.1 Å². The lowest BCUT2D eigenvalue weighted by molar-refractivity contribution is -0.121. The lowest BCUT2D eigenvalue weighted by atomic mass is 9.87. The molecule has 0 saturated carbocycles. The van der Waals surface area contributed by atoms with Crippen LogP contribution in [0.25, 0.3) is 10.9 Å². The maximum absolute atomic E-state index is 13.1. The minimum absolute atomic E-state index is 0.101. The molecule has 2 aromatic carbocycles. The number of amides is 1. The molecule has 2 aromatic heterocycles. The topological polar surface area (TPSA) is 142 Å². The third-order valence-electron chi connectivity index (χ3n) is 6.34. The van der Waals surface area contributed by atoms with Gasteiger partial charge in [-0.3, -0.25) is 14.2 Å². The van der Waals surface area contributed by atoms with Gasteiger partial charge in [-0.15, -0.1) is 0 Å². The van der Waals surface area contributed by atoms with Crippen molar-refractivity contribution in [2.45, 2.75) is 25.8 Å². The van der Waals surface area contributed by atoms with E-state index < -0.39 is 17.5 Å². The molecule has 0 aliphatic carbocycles. The van der Waals surface area contributed by atoms with Gasteiger partial charge in [0.15, 0.2) is 11.5 Å². The van der Waals surface area contributed by atoms with E-state index in [-0.39, 0.29) is 53.6 Å². The summed E-state index contributed by atoms with van der Waals surface area (Å²) in [6.07, 6.45) is 1.20. The molecule has 1 unspecified atom stereocenters. The zero-order valence-electron chi connectivity index (χ0n) is 22.0. The van der Waals surface area contributed by atoms with E-state index in [1.807, 2.05) is 0 Å². The Kier molecular flexibility index (Phi) is 8.18. The number of aryl methyl sites for hydroxylation is 1. The fourth-order valence-electron chi connectivity index (χ4n) is 4.53. The standard InChI is InChI=1S/C28H29N3O8/c1-16-13-21(32)24(28(35)39-16)19(17-9-10-22(36-2)26(38-4)25(17)37-3)14-23(33)29-11-12-31-15-30-20-8-6-5-7-18(20)27(31)34/h5-10,13,15,19,32H,11-12,14H2,1-4H3,(H,29,33). The third kappa shape index (κ3) is 5.57. The van der Waals surface area contributed by atoms with Gasteiger partial charge in [0, 0.05) is 37.1 Å². The van der Waals surface area contributed by atoms with Gasteiger partial charge in [0.1, 0.15) is 11.5 Å². The SMILES string of the molecule is COc1ccc(C(CC(=O)NCCn2cnc3ccccc3c2=O)c2c(O)cc(C)oc2=O)c(OC)c1OC. The van der Waals surface area contributed by atoms with Gasteiger partial charge in [-0.25, -0.2) is 9.78 Å². The van der Waals surface area contributed by atoms with E-state index in [0.717, 1.165) is 0 Å². The van der Waals surface area contributed by atoms with Crippen LogP contribution >= 0.6 is 0 Å². The molecule has 0 fully saturated rings. The van der Waals surface area contributed by atoms with Crippen LogP contribution in [0.3, 0.4) is 0 Å². The van der Waals surface area contributed by atoms with Crippen molar-refractivity contribution in [3.05, 3.63) is 86.5 Å². The summed E-state index contributed by atoms with van der Waals surface area (Å²) in [5.41, 5.74) is -0.102. The van der Waals surface area contributed by atoms with Crippen molar-refractivity contribution in [1.82, 2.24) is 14.9 Å². The number of hydrogen-bond acceptors (Lipinski definition) is 9. The number of aromatic nitrogens is 2. The summed E-state index contributed by atoms with van der Waals surface area (Å²) in [6.45, 7) is 1.85. The fraction of sp³-hybridized carbons (Fsp3) is 0.286. The van der Waals surface area contributed by atoms with Gasteiger partial charge >= 0.3 is 5.63 Å². The number of aromatic hydroxyl groups is 1. The molecule has 39 heavy (non-hydrogen) atoms. The summed E-state index contributed by atoms with van der Waals surface area (Å²) in [5, 5.41) is 14.0. The predicted molar refractivity (Wildman–Crippen MR) is 143 cm³/mol. The number of para-hydroxylation sites is 1. The Hall–Kier alpha value is -4.80. The van der Waals surface area contributed by atoms with E-state index in [0.29, 0.717) is 22.2 Å². The van der Waals surface area contributed by atoms with Gasteiger partial charge in [-0.1, -0.05) is 18.2 Å². The van der Waals surface area contributed by atoms with Gasteiger partial charge in [0.2, 0.25) is 11.7 Å². The highest BCUT2D eigenvalue weighted by Crippen LogP contribution is 2.45. The molecular formula is C28H29N3O8. The molecular weight excluding hydrogens is 506 g/mol. The molecule has 1 atom stereocenters. The summed E-state index contributed by atoms with van der Waals surface area (Å²) in [6, 6.07) is 11.6. The summed E-state index contributed by atoms with van der Waals surface area (Å²) >= 11 is 0. The second kappa shape index (κ2) is 11.7. The molecule has 4 rings (SSSR count). The largest absolute Gasteiger partial charge is 0.507 e. The number of carbonyl (C=O) groups excluding carboxylic acids is 1. The van der Waals surface area contributed by atoms with Gasteiger partial charge in [0.25, 0.3) is 5.56 Å². The van der Waals surface area contributed by atoms with E-state index in [4.69, 9.17) is 18.6 Å². The summed E-state index contributed by atoms with van der Waals surface area (Å²) in [7, 11) is 4.33. The molecule has 0 spiro atoms. The number of hydrogen-bond donors (Lipinski definition) is 2. The first-order chi connectivity index (χ1) is 18.8. The van der Waals surface area contributed by atoms with Crippen LogP contribution in [0.1, 0.15) is 29.2 Å². The smallest absolute Gasteiger partial charge is 0.343 e. The van der Waals surface area contributed by atoms with Gasteiger partial charge in [0.05, 0.1) is 44.1 Å². The number of carbonyl (C=O) groups is 1. The first kappa shape index (κ1) is 27.2. The average Bonchev–Trinajstić information content (AvgIpc) is 2.92. The molecule has 1 amide bonds. The lowest BCUT2D eigenvalue weighted by Crippen LogP contribution is -2.32. The third-order valence-corrected chi connectivity index (χ3v) is 6.34. The Morgan fingerprint density at radius 1 is 1.08 bits per heavy atom. The Bertz CT molecular complexity index is 1630. The average molecular weight is 536 g/mol. The van der Waals surface area contributed by atoms with Crippen molar-refractivity contribution >= 4 is 16.8 Å². The van der Waals surface area contributed by atoms with Crippen LogP contribution in [0.15, 0.2) is 62.8 Å². The molecule has 2 N–H and O–H groups in total. The highest BCUT2D eigenvalue weighted by atomic mass is 16.5. The van der Waals surface area contributed by atoms with Crippen molar-refractivity contribution in [2.75, 3.05) is 27.9 Å². The lowest BCUT2D eigenvalue weighted by Gasteiger charge is -2.22. The molecule has 0 aliphatic rings. The van der Waals surface area contributed by atoms with E-state index in [9.17, 15) is 19.5 Å². The fourth-order valence-corrected chi connectivity index (χ4v) is 4.53. The van der Waals surface area contributed by atoms with Crippen molar-refractivity contribution in [2.24, 2.45) is 0 Å². The molecule has 0 bridgehead atoms. The van der Waals surface area contributed by atoms with Crippen molar-refractivity contribution < 1.29 is 28.5 Å². The normalized spacial score (nSPS) is 11.7. The molecule has 11 heteroatoms. The number of nitrogens with zero attached hydrogens (tertiary/aromatic N) is 2. The van der Waals surface area contributed by atoms with E-state index in [1.54, 1.807) is 36.4 Å². The van der Waals surface area contributed by atoms with Crippen molar-refractivity contribution in [1.29, 1.82) is 0 Å². The minimum Gasteiger partial charge on any atom is -0.507 e. The molecule has 0 saturated heterocycles. The van der Waals surface area contributed by atoms with Crippen LogP contribution in [-0.2, 0) is 11.3 Å². The van der Waals surface area contributed by atoms with Crippen LogP contribution < -0.4 is 30.7 Å². The van der Waals surface area contributed by atoms with Crippen LogP contribution in [-0.4, -0.2) is 48.4 Å². The number of rotatable bonds is 10. The molecule has 11 nitrogen and oxygen atoms in total. The number of methoxy groups -OCH3 is 3. The van der Waals surface area contributed by atoms with Crippen LogP contribution in [0.5, 0.6) is 23.0 Å². The van der Waals surface area contributed by atoms with Gasteiger partial charge in [-0.05, 0) is 25.1 Å². The number of fused-ring (bicyclic) bond motifs is 1. The molecule has 0 radical (unpaired) electrons. The Morgan fingerprint density at radius 2 is 1.82 bits per heavy atom. The zero-order valence-corrected chi connectivity index (χ0v) is 22.0. The molecule has 2 heterocycles. The van der Waals surface area contributed by atoms with Crippen molar-refractivity contribution in [3.63, 3.8) is 0 Å². The van der Waals surface area contributed by atoms with Crippen LogP contribution in [0.2, 0.25) is 0 Å². The van der Waals surface area contributed by atoms with Gasteiger partial charge in [-0.2, -0.15) is 0 Å². The molecule has 4 aromatic rings. The highest BCUT2D eigenvalue weighted by Gasteiger charge is 2.30. The number of benzene rings is 2. The maximum atomic E-state index is 13.1. The summed E-state index contributed by atoms with van der Waals surface area (Å²) in [5.74, 6) is -0.592. The highest BCUT2D eigenvalue weighted by molar-refractivity contribution is 5.78. The Labute approximate surface area is 223 Å².